The normalized spacial score (nSPS) is 20.1. The molecular formula is C20H15ClF3N3O4. The summed E-state index contributed by atoms with van der Waals surface area (Å²) in [6.07, 6.45) is -3.66. The van der Waals surface area contributed by atoms with E-state index in [2.05, 4.69) is 22.1 Å². The molecule has 1 aromatic heterocycles. The molecule has 2 aromatic rings. The number of carbonyl (C=O) groups excluding carboxylic acids is 1. The van der Waals surface area contributed by atoms with Gasteiger partial charge in [0.2, 0.25) is 5.88 Å². The molecule has 1 aromatic carbocycles. The number of nitrogens with one attached hydrogen (secondary N) is 1. The van der Waals surface area contributed by atoms with Crippen molar-refractivity contribution in [3.63, 3.8) is 0 Å². The molecule has 31 heavy (non-hydrogen) atoms. The zero-order valence-corrected chi connectivity index (χ0v) is 16.8. The summed E-state index contributed by atoms with van der Waals surface area (Å²) in [5.74, 6) is 4.65. The average molecular weight is 454 g/mol. The minimum absolute atomic E-state index is 0.0527. The van der Waals surface area contributed by atoms with Crippen LogP contribution in [0.25, 0.3) is 0 Å². The summed E-state index contributed by atoms with van der Waals surface area (Å²) in [5.41, 5.74) is -3.85. The molecule has 1 fully saturated rings. The third kappa shape index (κ3) is 3.93. The fraction of sp³-hybridized carbons (Fsp3) is 0.350. The summed E-state index contributed by atoms with van der Waals surface area (Å²) in [6, 6.07) is 3.49. The van der Waals surface area contributed by atoms with Crippen molar-refractivity contribution >= 4 is 23.4 Å². The maximum absolute atomic E-state index is 14.1. The number of hydrogen-bond donors (Lipinski definition) is 1. The summed E-state index contributed by atoms with van der Waals surface area (Å²) < 4.78 is 53.1. The van der Waals surface area contributed by atoms with Crippen LogP contribution in [0.1, 0.15) is 24.0 Å². The van der Waals surface area contributed by atoms with Crippen LogP contribution in [0.15, 0.2) is 29.3 Å². The highest BCUT2D eigenvalue weighted by atomic mass is 35.5. The number of amides is 1. The lowest BCUT2D eigenvalue weighted by atomic mass is 9.89. The van der Waals surface area contributed by atoms with Crippen LogP contribution in [0.3, 0.4) is 0 Å². The van der Waals surface area contributed by atoms with Crippen molar-refractivity contribution in [2.24, 2.45) is 5.92 Å². The summed E-state index contributed by atoms with van der Waals surface area (Å²) in [6.45, 7) is -0.0918. The topological polar surface area (TPSA) is 82.5 Å². The van der Waals surface area contributed by atoms with Gasteiger partial charge in [-0.2, -0.15) is 13.2 Å². The first-order valence-electron chi connectivity index (χ1n) is 9.16. The second-order valence-corrected chi connectivity index (χ2v) is 7.53. The summed E-state index contributed by atoms with van der Waals surface area (Å²) in [4.78, 5) is 28.1. The van der Waals surface area contributed by atoms with Gasteiger partial charge in [0.15, 0.2) is 0 Å². The molecule has 0 radical (unpaired) electrons. The Morgan fingerprint density at radius 1 is 1.35 bits per heavy atom. The van der Waals surface area contributed by atoms with Crippen molar-refractivity contribution in [1.82, 2.24) is 9.55 Å². The van der Waals surface area contributed by atoms with E-state index in [9.17, 15) is 22.8 Å². The van der Waals surface area contributed by atoms with Gasteiger partial charge in [0.05, 0.1) is 25.4 Å². The number of cyclic esters (lactones) is 1. The van der Waals surface area contributed by atoms with Gasteiger partial charge in [0.1, 0.15) is 6.33 Å². The number of rotatable bonds is 3. The highest BCUT2D eigenvalue weighted by molar-refractivity contribution is 6.31. The van der Waals surface area contributed by atoms with Crippen molar-refractivity contribution < 1.29 is 27.4 Å². The Morgan fingerprint density at radius 2 is 2.10 bits per heavy atom. The Balaban J connectivity index is 1.80. The maximum Gasteiger partial charge on any atom is 0.445 e. The molecule has 2 aliphatic rings. The Bertz CT molecular complexity index is 1180. The fourth-order valence-corrected chi connectivity index (χ4v) is 3.32. The van der Waals surface area contributed by atoms with Crippen LogP contribution in [-0.4, -0.2) is 28.9 Å². The molecule has 2 heterocycles. The Morgan fingerprint density at radius 3 is 2.71 bits per heavy atom. The van der Waals surface area contributed by atoms with Crippen molar-refractivity contribution in [2.75, 3.05) is 12.4 Å². The van der Waals surface area contributed by atoms with Gasteiger partial charge in [-0.15, -0.1) is 0 Å². The highest BCUT2D eigenvalue weighted by Gasteiger charge is 2.62. The first kappa shape index (κ1) is 21.1. The van der Waals surface area contributed by atoms with Crippen LogP contribution < -0.4 is 15.6 Å². The molecule has 7 nitrogen and oxygen atoms in total. The Kier molecular flexibility index (Phi) is 5.09. The lowest BCUT2D eigenvalue weighted by Crippen LogP contribution is -2.49. The van der Waals surface area contributed by atoms with E-state index in [0.29, 0.717) is 18.4 Å². The number of alkyl halides is 3. The molecule has 4 rings (SSSR count). The second-order valence-electron chi connectivity index (χ2n) is 7.12. The van der Waals surface area contributed by atoms with Gasteiger partial charge in [-0.25, -0.2) is 9.78 Å². The number of fused-ring (bicyclic) bond motifs is 1. The van der Waals surface area contributed by atoms with Crippen molar-refractivity contribution in [3.8, 4) is 17.7 Å². The fourth-order valence-electron chi connectivity index (χ4n) is 3.09. The lowest BCUT2D eigenvalue weighted by Gasteiger charge is -2.36. The molecule has 1 aliphatic carbocycles. The molecule has 1 saturated carbocycles. The van der Waals surface area contributed by atoms with Gasteiger partial charge >= 0.3 is 12.3 Å². The smallest absolute Gasteiger partial charge is 0.445 e. The molecule has 0 spiro atoms. The third-order valence-corrected chi connectivity index (χ3v) is 5.23. The van der Waals surface area contributed by atoms with Crippen LogP contribution in [0.2, 0.25) is 5.02 Å². The molecule has 0 saturated heterocycles. The van der Waals surface area contributed by atoms with Gasteiger partial charge < -0.3 is 9.47 Å². The average Bonchev–Trinajstić information content (AvgIpc) is 3.52. The number of ether oxygens (including phenoxy) is 2. The van der Waals surface area contributed by atoms with E-state index in [-0.39, 0.29) is 29.1 Å². The number of benzene rings is 1. The van der Waals surface area contributed by atoms with Gasteiger partial charge in [-0.3, -0.25) is 14.7 Å². The Labute approximate surface area is 179 Å². The predicted octanol–water partition coefficient (Wildman–Crippen LogP) is 3.69. The van der Waals surface area contributed by atoms with Crippen LogP contribution in [0.5, 0.6) is 5.88 Å². The summed E-state index contributed by atoms with van der Waals surface area (Å²) in [5, 5.41) is 2.21. The van der Waals surface area contributed by atoms with E-state index >= 15 is 0 Å². The third-order valence-electron chi connectivity index (χ3n) is 4.88. The minimum atomic E-state index is -5.00. The lowest BCUT2D eigenvalue weighted by molar-refractivity contribution is -0.239. The summed E-state index contributed by atoms with van der Waals surface area (Å²) in [7, 11) is 1.36. The van der Waals surface area contributed by atoms with E-state index < -0.39 is 29.0 Å². The van der Waals surface area contributed by atoms with Crippen LogP contribution >= 0.6 is 11.6 Å². The number of nitrogens with zero attached hydrogens (tertiary/aromatic N) is 2. The second kappa shape index (κ2) is 7.50. The number of aromatic nitrogens is 2. The summed E-state index contributed by atoms with van der Waals surface area (Å²) >= 11 is 6.27. The number of hydrogen-bond acceptors (Lipinski definition) is 5. The highest BCUT2D eigenvalue weighted by Crippen LogP contribution is 2.48. The maximum atomic E-state index is 14.1. The molecule has 0 unspecified atom stereocenters. The van der Waals surface area contributed by atoms with E-state index in [1.807, 2.05) is 0 Å². The van der Waals surface area contributed by atoms with Gasteiger partial charge in [-0.1, -0.05) is 17.5 Å². The zero-order chi connectivity index (χ0) is 22.4. The largest absolute Gasteiger partial charge is 0.481 e. The first-order valence-corrected chi connectivity index (χ1v) is 9.53. The standard InChI is InChI=1S/C20H15ClF3N3O4/c1-30-16-8-17(28)27(10-25-16)9-12-6-15-13(7-14(12)21)19(20(22,23)24,31-18(29)26-15)5-4-11-2-3-11/h6-8,10-11H,2-3,9H2,1H3,(H,26,29)/t19-/m0/s1. The van der Waals surface area contributed by atoms with E-state index in [1.165, 1.54) is 24.1 Å². The molecule has 1 atom stereocenters. The van der Waals surface area contributed by atoms with Gasteiger partial charge in [0, 0.05) is 16.5 Å². The molecular weight excluding hydrogens is 439 g/mol. The van der Waals surface area contributed by atoms with Crippen molar-refractivity contribution in [2.45, 2.75) is 31.2 Å². The van der Waals surface area contributed by atoms with Gasteiger partial charge in [-0.05, 0) is 36.5 Å². The quantitative estimate of drug-likeness (QED) is 0.717. The number of carbonyl (C=O) groups is 1. The van der Waals surface area contributed by atoms with E-state index in [0.717, 1.165) is 12.1 Å². The molecule has 1 N–H and O–H groups in total. The van der Waals surface area contributed by atoms with Crippen LogP contribution in [-0.2, 0) is 16.9 Å². The number of halogens is 4. The zero-order valence-electron chi connectivity index (χ0n) is 16.0. The molecule has 11 heteroatoms. The van der Waals surface area contributed by atoms with Crippen LogP contribution in [0.4, 0.5) is 23.7 Å². The SMILES string of the molecule is COc1cc(=O)n(Cc2cc3c(cc2Cl)[C@@](C#CC2CC2)(C(F)(F)F)OC(=O)N3)cn1. The van der Waals surface area contributed by atoms with Crippen molar-refractivity contribution in [3.05, 3.63) is 51.0 Å². The minimum Gasteiger partial charge on any atom is -0.481 e. The van der Waals surface area contributed by atoms with E-state index in [1.54, 1.807) is 0 Å². The number of methoxy groups -OCH3 is 1. The van der Waals surface area contributed by atoms with Crippen LogP contribution in [0, 0.1) is 17.8 Å². The molecule has 1 aliphatic heterocycles. The number of anilines is 1. The molecule has 0 bridgehead atoms. The predicted molar refractivity (Wildman–Crippen MR) is 104 cm³/mol. The van der Waals surface area contributed by atoms with Crippen molar-refractivity contribution in [1.29, 1.82) is 0 Å². The van der Waals surface area contributed by atoms with Gasteiger partial charge in [0.25, 0.3) is 11.2 Å². The van der Waals surface area contributed by atoms with E-state index in [4.69, 9.17) is 21.1 Å². The Hall–Kier alpha value is -3.19. The molecule has 162 valence electrons. The monoisotopic (exact) mass is 453 g/mol. The molecule has 1 amide bonds. The first-order chi connectivity index (χ1) is 14.6.